The molecular weight excluding hydrogens is 326 g/mol. The molecule has 1 aliphatic heterocycles. The molecule has 1 fully saturated rings. The molecule has 2 N–H and O–H groups in total. The van der Waals surface area contributed by atoms with Crippen molar-refractivity contribution in [2.24, 2.45) is 0 Å². The van der Waals surface area contributed by atoms with Gasteiger partial charge in [0.2, 0.25) is 0 Å². The zero-order valence-corrected chi connectivity index (χ0v) is 14.3. The Hall–Kier alpha value is -3.12. The Labute approximate surface area is 150 Å². The molecule has 0 radical (unpaired) electrons. The number of anilines is 3. The average Bonchev–Trinajstić information content (AvgIpc) is 3.16. The third-order valence-electron chi connectivity index (χ3n) is 4.76. The number of hydrogen-bond acceptors (Lipinski definition) is 5. The van der Waals surface area contributed by atoms with Crippen LogP contribution in [0.3, 0.4) is 0 Å². The van der Waals surface area contributed by atoms with Gasteiger partial charge in [-0.3, -0.25) is 5.10 Å². The number of ether oxygens (including phenoxy) is 1. The summed E-state index contributed by atoms with van der Waals surface area (Å²) >= 11 is 0. The Morgan fingerprint density at radius 3 is 2.81 bits per heavy atom. The molecule has 130 valence electrons. The second-order valence-corrected chi connectivity index (χ2v) is 6.45. The summed E-state index contributed by atoms with van der Waals surface area (Å²) in [6.45, 7) is 3.22. The van der Waals surface area contributed by atoms with Crippen LogP contribution in [-0.2, 0) is 4.74 Å². The molecule has 6 heteroatoms. The fourth-order valence-corrected chi connectivity index (χ4v) is 3.39. The second kappa shape index (κ2) is 6.31. The second-order valence-electron chi connectivity index (χ2n) is 6.45. The smallest absolute Gasteiger partial charge is 0.140 e. The summed E-state index contributed by atoms with van der Waals surface area (Å²) in [4.78, 5) is 7.20. The molecular formula is C20H19N5O. The predicted molar refractivity (Wildman–Crippen MR) is 104 cm³/mol. The first kappa shape index (κ1) is 15.2. The van der Waals surface area contributed by atoms with Gasteiger partial charge in [-0.1, -0.05) is 24.3 Å². The quantitative estimate of drug-likeness (QED) is 0.593. The maximum absolute atomic E-state index is 5.47. The van der Waals surface area contributed by atoms with E-state index >= 15 is 0 Å². The van der Waals surface area contributed by atoms with Crippen molar-refractivity contribution in [1.82, 2.24) is 15.2 Å². The zero-order chi connectivity index (χ0) is 17.3. The first-order valence-corrected chi connectivity index (χ1v) is 8.79. The molecule has 0 amide bonds. The summed E-state index contributed by atoms with van der Waals surface area (Å²) in [5.74, 6) is 1.85. The van der Waals surface area contributed by atoms with Gasteiger partial charge in [0.25, 0.3) is 0 Å². The number of rotatable bonds is 3. The minimum absolute atomic E-state index is 0.744. The van der Waals surface area contributed by atoms with Gasteiger partial charge in [-0.2, -0.15) is 5.10 Å². The molecule has 3 heterocycles. The first-order chi connectivity index (χ1) is 12.9. The van der Waals surface area contributed by atoms with Crippen LogP contribution in [0, 0.1) is 0 Å². The van der Waals surface area contributed by atoms with E-state index in [4.69, 9.17) is 9.72 Å². The molecule has 0 atom stereocenters. The fourth-order valence-electron chi connectivity index (χ4n) is 3.39. The van der Waals surface area contributed by atoms with Gasteiger partial charge < -0.3 is 15.0 Å². The van der Waals surface area contributed by atoms with Crippen molar-refractivity contribution >= 4 is 39.0 Å². The normalized spacial score (nSPS) is 14.8. The minimum atomic E-state index is 0.744. The van der Waals surface area contributed by atoms with Crippen LogP contribution < -0.4 is 10.2 Å². The van der Waals surface area contributed by atoms with Gasteiger partial charge in [-0.15, -0.1) is 0 Å². The molecule has 0 spiro atoms. The Bertz CT molecular complexity index is 1070. The highest BCUT2D eigenvalue weighted by atomic mass is 16.5. The highest BCUT2D eigenvalue weighted by Gasteiger charge is 2.15. The van der Waals surface area contributed by atoms with Gasteiger partial charge in [0.15, 0.2) is 0 Å². The Balaban J connectivity index is 1.58. The van der Waals surface area contributed by atoms with E-state index < -0.39 is 0 Å². The first-order valence-electron chi connectivity index (χ1n) is 8.79. The van der Waals surface area contributed by atoms with E-state index in [2.05, 4.69) is 50.7 Å². The highest BCUT2D eigenvalue weighted by Crippen LogP contribution is 2.30. The number of pyridine rings is 1. The van der Waals surface area contributed by atoms with E-state index in [0.717, 1.165) is 59.9 Å². The van der Waals surface area contributed by atoms with Crippen LogP contribution in [0.1, 0.15) is 0 Å². The Morgan fingerprint density at radius 2 is 1.88 bits per heavy atom. The number of aromatic nitrogens is 3. The number of benzene rings is 2. The molecule has 0 unspecified atom stereocenters. The van der Waals surface area contributed by atoms with E-state index in [1.54, 1.807) is 0 Å². The van der Waals surface area contributed by atoms with Crippen molar-refractivity contribution in [2.75, 3.05) is 36.5 Å². The number of hydrogen-bond donors (Lipinski definition) is 2. The van der Waals surface area contributed by atoms with Gasteiger partial charge in [0.1, 0.15) is 11.6 Å². The summed E-state index contributed by atoms with van der Waals surface area (Å²) in [6, 6.07) is 16.6. The molecule has 0 saturated carbocycles. The minimum Gasteiger partial charge on any atom is -0.378 e. The van der Waals surface area contributed by atoms with E-state index in [1.807, 2.05) is 24.4 Å². The molecule has 4 aromatic rings. The summed E-state index contributed by atoms with van der Waals surface area (Å²) < 4.78 is 5.47. The molecule has 6 nitrogen and oxygen atoms in total. The van der Waals surface area contributed by atoms with Gasteiger partial charge in [0.05, 0.1) is 24.9 Å². The summed E-state index contributed by atoms with van der Waals surface area (Å²) in [6.07, 6.45) is 1.83. The number of fused-ring (bicyclic) bond motifs is 2. The lowest BCUT2D eigenvalue weighted by Gasteiger charge is -2.28. The van der Waals surface area contributed by atoms with Gasteiger partial charge in [-0.25, -0.2) is 4.98 Å². The maximum Gasteiger partial charge on any atom is 0.140 e. The van der Waals surface area contributed by atoms with E-state index in [0.29, 0.717) is 0 Å². The predicted octanol–water partition coefficient (Wildman–Crippen LogP) is 3.69. The molecule has 1 aliphatic rings. The Morgan fingerprint density at radius 1 is 1.00 bits per heavy atom. The molecule has 0 bridgehead atoms. The number of morpholine rings is 1. The largest absolute Gasteiger partial charge is 0.378 e. The van der Waals surface area contributed by atoms with Crippen LogP contribution in [0.5, 0.6) is 0 Å². The molecule has 26 heavy (non-hydrogen) atoms. The summed E-state index contributed by atoms with van der Waals surface area (Å²) in [5.41, 5.74) is 2.02. The van der Waals surface area contributed by atoms with Crippen molar-refractivity contribution in [3.05, 3.63) is 54.7 Å². The number of aromatic amines is 1. The summed E-state index contributed by atoms with van der Waals surface area (Å²) in [7, 11) is 0. The molecule has 5 rings (SSSR count). The zero-order valence-electron chi connectivity index (χ0n) is 14.3. The molecule has 2 aromatic carbocycles. The van der Waals surface area contributed by atoms with Crippen LogP contribution in [0.25, 0.3) is 21.7 Å². The van der Waals surface area contributed by atoms with Crippen molar-refractivity contribution in [1.29, 1.82) is 0 Å². The number of nitrogens with zero attached hydrogens (tertiary/aromatic N) is 3. The van der Waals surface area contributed by atoms with Gasteiger partial charge in [-0.05, 0) is 29.7 Å². The number of nitrogens with one attached hydrogen (secondary N) is 2. The van der Waals surface area contributed by atoms with Crippen LogP contribution in [0.2, 0.25) is 0 Å². The molecule has 0 aliphatic carbocycles. The van der Waals surface area contributed by atoms with Crippen molar-refractivity contribution in [2.45, 2.75) is 0 Å². The highest BCUT2D eigenvalue weighted by molar-refractivity contribution is 5.96. The lowest BCUT2D eigenvalue weighted by Crippen LogP contribution is -2.36. The van der Waals surface area contributed by atoms with Crippen molar-refractivity contribution in [3.8, 4) is 0 Å². The summed E-state index contributed by atoms with van der Waals surface area (Å²) in [5, 5.41) is 13.9. The maximum atomic E-state index is 5.47. The van der Waals surface area contributed by atoms with Crippen molar-refractivity contribution < 1.29 is 4.74 Å². The Kier molecular flexibility index (Phi) is 3.68. The van der Waals surface area contributed by atoms with Crippen LogP contribution >= 0.6 is 0 Å². The van der Waals surface area contributed by atoms with Crippen LogP contribution in [-0.4, -0.2) is 41.5 Å². The molecule has 1 saturated heterocycles. The van der Waals surface area contributed by atoms with E-state index in [9.17, 15) is 0 Å². The fraction of sp³-hybridized carbons (Fsp3) is 0.200. The van der Waals surface area contributed by atoms with E-state index in [-0.39, 0.29) is 0 Å². The van der Waals surface area contributed by atoms with Crippen LogP contribution in [0.15, 0.2) is 54.7 Å². The topological polar surface area (TPSA) is 66.1 Å². The standard InChI is InChI=1S/C20H19N5O/c1-2-4-17-14(3-1)12-19(25-7-9-26-10-8-25)23-20(17)22-16-5-6-18-15(11-16)13-21-24-18/h1-6,11-13H,7-10H2,(H,21,24)(H,22,23). The third-order valence-corrected chi connectivity index (χ3v) is 4.76. The SMILES string of the molecule is c1ccc2c(Nc3ccc4[nH]ncc4c3)nc(N3CCOCC3)cc2c1. The lowest BCUT2D eigenvalue weighted by atomic mass is 10.1. The molecule has 2 aromatic heterocycles. The lowest BCUT2D eigenvalue weighted by molar-refractivity contribution is 0.122. The van der Waals surface area contributed by atoms with Gasteiger partial charge in [0, 0.05) is 29.5 Å². The monoisotopic (exact) mass is 345 g/mol. The van der Waals surface area contributed by atoms with Crippen molar-refractivity contribution in [3.63, 3.8) is 0 Å². The third kappa shape index (κ3) is 2.74. The number of H-pyrrole nitrogens is 1. The van der Waals surface area contributed by atoms with Gasteiger partial charge >= 0.3 is 0 Å². The average molecular weight is 345 g/mol. The van der Waals surface area contributed by atoms with Crippen LogP contribution in [0.4, 0.5) is 17.3 Å². The van der Waals surface area contributed by atoms with E-state index in [1.165, 1.54) is 5.39 Å².